The molecule has 0 aliphatic rings. The molecular weight excluding hydrogens is 478 g/mol. The largest absolute Gasteiger partial charge is 0.487 e. The summed E-state index contributed by atoms with van der Waals surface area (Å²) in [6, 6.07) is 12.2. The Hall–Kier alpha value is -2.86. The van der Waals surface area contributed by atoms with Crippen molar-refractivity contribution in [2.45, 2.75) is 111 Å². The number of benzene rings is 2. The highest BCUT2D eigenvalue weighted by Gasteiger charge is 2.37. The number of rotatable bonds is 12. The maximum absolute atomic E-state index is 13.2. The first-order chi connectivity index (χ1) is 17.6. The third-order valence-corrected chi connectivity index (χ3v) is 8.90. The summed E-state index contributed by atoms with van der Waals surface area (Å²) in [6.07, 6.45) is 2.64. The van der Waals surface area contributed by atoms with Gasteiger partial charge in [-0.25, -0.2) is 4.79 Å². The van der Waals surface area contributed by atoms with Crippen LogP contribution < -0.4 is 4.74 Å². The number of carbonyl (C=O) groups excluding carboxylic acids is 1. The van der Waals surface area contributed by atoms with E-state index in [0.717, 1.165) is 35.3 Å². The highest BCUT2D eigenvalue weighted by molar-refractivity contribution is 5.98. The molecule has 0 saturated heterocycles. The van der Waals surface area contributed by atoms with Crippen LogP contribution in [0.15, 0.2) is 36.4 Å². The van der Waals surface area contributed by atoms with Gasteiger partial charge in [0.2, 0.25) is 0 Å². The summed E-state index contributed by atoms with van der Waals surface area (Å²) in [7, 11) is 1.53. The second-order valence-corrected chi connectivity index (χ2v) is 11.1. The molecule has 210 valence electrons. The molecule has 2 aromatic rings. The molecule has 0 bridgehead atoms. The van der Waals surface area contributed by atoms with Crippen molar-refractivity contribution in [2.75, 3.05) is 7.05 Å². The summed E-state index contributed by atoms with van der Waals surface area (Å²) >= 11 is 0. The van der Waals surface area contributed by atoms with Gasteiger partial charge in [-0.15, -0.1) is 0 Å². The molecule has 2 rings (SSSR count). The number of ether oxygens (including phenoxy) is 1. The molecule has 38 heavy (non-hydrogen) atoms. The van der Waals surface area contributed by atoms with E-state index >= 15 is 0 Å². The number of carbonyl (C=O) groups is 2. The number of aryl methyl sites for hydroxylation is 2. The molecular formula is C32H47NO5. The Morgan fingerprint density at radius 1 is 0.895 bits per heavy atom. The van der Waals surface area contributed by atoms with Gasteiger partial charge in [0.25, 0.3) is 5.91 Å². The summed E-state index contributed by atoms with van der Waals surface area (Å²) in [5.74, 6) is -0.598. The van der Waals surface area contributed by atoms with Crippen LogP contribution in [-0.4, -0.2) is 51.3 Å². The average molecular weight is 526 g/mol. The van der Waals surface area contributed by atoms with E-state index in [1.165, 1.54) is 31.4 Å². The van der Waals surface area contributed by atoms with Crippen LogP contribution in [0.3, 0.4) is 0 Å². The number of nitrogens with zero attached hydrogens (tertiary/aromatic N) is 1. The quantitative estimate of drug-likeness (QED) is 0.323. The molecule has 0 saturated carbocycles. The van der Waals surface area contributed by atoms with Crippen molar-refractivity contribution in [1.29, 1.82) is 0 Å². The number of hydrogen-bond acceptors (Lipinski definition) is 4. The predicted octanol–water partition coefficient (Wildman–Crippen LogP) is 6.66. The summed E-state index contributed by atoms with van der Waals surface area (Å²) in [5, 5.41) is 20.4. The SMILES string of the molecule is CCC(CC)(c1ccc(OC(C)C(O)(CC)CC)c(C)c1)c1ccc(C(=O)N(C)C(C)(C)C(=O)O)c(C)c1. The Bertz CT molecular complexity index is 1140. The standard InChI is InChI=1S/C32H47NO5/c1-11-31(12-2,25-16-18-27(22(6)20-25)38-23(7)32(37,13-3)14-4)24-15-17-26(21(5)19-24)28(34)33(10)30(8,9)29(35)36/h15-20,23,37H,11-14H2,1-10H3,(H,35,36). The second-order valence-electron chi connectivity index (χ2n) is 11.1. The fourth-order valence-corrected chi connectivity index (χ4v) is 5.22. The molecule has 0 aromatic heterocycles. The number of hydrogen-bond donors (Lipinski definition) is 2. The van der Waals surface area contributed by atoms with E-state index in [0.29, 0.717) is 18.4 Å². The number of likely N-dealkylation sites (N-methyl/N-ethyl adjacent to an activating group) is 1. The Balaban J connectivity index is 2.47. The fourth-order valence-electron chi connectivity index (χ4n) is 5.22. The molecule has 0 aliphatic carbocycles. The Morgan fingerprint density at radius 2 is 1.39 bits per heavy atom. The van der Waals surface area contributed by atoms with E-state index in [-0.39, 0.29) is 17.4 Å². The lowest BCUT2D eigenvalue weighted by Crippen LogP contribution is -2.50. The van der Waals surface area contributed by atoms with Crippen molar-refractivity contribution in [3.05, 3.63) is 64.2 Å². The van der Waals surface area contributed by atoms with Crippen LogP contribution >= 0.6 is 0 Å². The van der Waals surface area contributed by atoms with Gasteiger partial charge in [0, 0.05) is 18.0 Å². The van der Waals surface area contributed by atoms with Crippen LogP contribution in [0.25, 0.3) is 0 Å². The van der Waals surface area contributed by atoms with Crippen LogP contribution in [0.2, 0.25) is 0 Å². The van der Waals surface area contributed by atoms with Crippen molar-refractivity contribution in [2.24, 2.45) is 0 Å². The summed E-state index contributed by atoms with van der Waals surface area (Å²) in [5.41, 5.74) is 2.16. The van der Waals surface area contributed by atoms with Crippen LogP contribution in [0.4, 0.5) is 0 Å². The first kappa shape index (κ1) is 31.4. The minimum Gasteiger partial charge on any atom is -0.487 e. The van der Waals surface area contributed by atoms with Crippen molar-refractivity contribution in [3.8, 4) is 5.75 Å². The number of carboxylic acids is 1. The van der Waals surface area contributed by atoms with Gasteiger partial charge in [-0.1, -0.05) is 52.0 Å². The Morgan fingerprint density at radius 3 is 1.82 bits per heavy atom. The van der Waals surface area contributed by atoms with Crippen LogP contribution in [0, 0.1) is 13.8 Å². The van der Waals surface area contributed by atoms with Gasteiger partial charge in [0.15, 0.2) is 0 Å². The molecule has 2 aromatic carbocycles. The van der Waals surface area contributed by atoms with Crippen LogP contribution in [0.1, 0.15) is 107 Å². The van der Waals surface area contributed by atoms with Crippen molar-refractivity contribution >= 4 is 11.9 Å². The monoisotopic (exact) mass is 525 g/mol. The minimum atomic E-state index is -1.32. The molecule has 1 unspecified atom stereocenters. The lowest BCUT2D eigenvalue weighted by atomic mass is 9.70. The molecule has 1 amide bonds. The third-order valence-electron chi connectivity index (χ3n) is 8.90. The van der Waals surface area contributed by atoms with Crippen molar-refractivity contribution in [3.63, 3.8) is 0 Å². The first-order valence-corrected chi connectivity index (χ1v) is 13.8. The second kappa shape index (κ2) is 11.9. The number of carboxylic acid groups (broad SMARTS) is 1. The fraction of sp³-hybridized carbons (Fsp3) is 0.562. The van der Waals surface area contributed by atoms with E-state index in [4.69, 9.17) is 4.74 Å². The van der Waals surface area contributed by atoms with E-state index in [9.17, 15) is 19.8 Å². The summed E-state index contributed by atoms with van der Waals surface area (Å²) < 4.78 is 6.23. The first-order valence-electron chi connectivity index (χ1n) is 13.8. The zero-order valence-corrected chi connectivity index (χ0v) is 24.9. The maximum atomic E-state index is 13.2. The Labute approximate surface area is 229 Å². The average Bonchev–Trinajstić information content (AvgIpc) is 2.89. The van der Waals surface area contributed by atoms with Gasteiger partial charge in [0.1, 0.15) is 23.0 Å². The van der Waals surface area contributed by atoms with Gasteiger partial charge >= 0.3 is 5.97 Å². The summed E-state index contributed by atoms with van der Waals surface area (Å²) in [4.78, 5) is 26.2. The molecule has 0 heterocycles. The van der Waals surface area contributed by atoms with Gasteiger partial charge in [-0.3, -0.25) is 4.79 Å². The van der Waals surface area contributed by atoms with Crippen LogP contribution in [-0.2, 0) is 10.2 Å². The van der Waals surface area contributed by atoms with E-state index in [1.54, 1.807) is 0 Å². The maximum Gasteiger partial charge on any atom is 0.329 e. The summed E-state index contributed by atoms with van der Waals surface area (Å²) in [6.45, 7) is 17.2. The van der Waals surface area contributed by atoms with Crippen molar-refractivity contribution < 1.29 is 24.5 Å². The van der Waals surface area contributed by atoms with Gasteiger partial charge in [-0.05, 0) is 94.7 Å². The van der Waals surface area contributed by atoms with Gasteiger partial charge in [-0.2, -0.15) is 0 Å². The molecule has 0 radical (unpaired) electrons. The third kappa shape index (κ3) is 5.75. The molecule has 0 fully saturated rings. The molecule has 6 nitrogen and oxygen atoms in total. The molecule has 0 spiro atoms. The lowest BCUT2D eigenvalue weighted by Gasteiger charge is -2.36. The van der Waals surface area contributed by atoms with Gasteiger partial charge in [0.05, 0.1) is 0 Å². The number of aliphatic hydroxyl groups is 1. The minimum absolute atomic E-state index is 0.263. The van der Waals surface area contributed by atoms with Crippen LogP contribution in [0.5, 0.6) is 5.75 Å². The molecule has 0 aliphatic heterocycles. The van der Waals surface area contributed by atoms with E-state index in [2.05, 4.69) is 32.0 Å². The molecule has 6 heteroatoms. The zero-order valence-electron chi connectivity index (χ0n) is 24.9. The highest BCUT2D eigenvalue weighted by Crippen LogP contribution is 2.41. The molecule has 1 atom stereocenters. The predicted molar refractivity (Wildman–Crippen MR) is 153 cm³/mol. The van der Waals surface area contributed by atoms with E-state index < -0.39 is 17.1 Å². The normalized spacial score (nSPS) is 13.2. The zero-order chi connectivity index (χ0) is 29.1. The number of amides is 1. The lowest BCUT2D eigenvalue weighted by molar-refractivity contribution is -0.147. The van der Waals surface area contributed by atoms with E-state index in [1.807, 2.05) is 52.8 Å². The Kier molecular flexibility index (Phi) is 9.82. The smallest absolute Gasteiger partial charge is 0.329 e. The number of aliphatic carboxylic acids is 1. The van der Waals surface area contributed by atoms with Gasteiger partial charge < -0.3 is 19.8 Å². The molecule has 2 N–H and O–H groups in total. The topological polar surface area (TPSA) is 87.1 Å². The van der Waals surface area contributed by atoms with Crippen molar-refractivity contribution in [1.82, 2.24) is 4.90 Å². The highest BCUT2D eigenvalue weighted by atomic mass is 16.5.